The zero-order valence-electron chi connectivity index (χ0n) is 14.0. The van der Waals surface area contributed by atoms with Gasteiger partial charge in [-0.1, -0.05) is 36.4 Å². The Morgan fingerprint density at radius 3 is 2.46 bits per heavy atom. The van der Waals surface area contributed by atoms with Crippen molar-refractivity contribution in [2.75, 3.05) is 19.5 Å². The van der Waals surface area contributed by atoms with Crippen LogP contribution in [0.2, 0.25) is 0 Å². The van der Waals surface area contributed by atoms with Gasteiger partial charge in [-0.2, -0.15) is 4.98 Å². The summed E-state index contributed by atoms with van der Waals surface area (Å²) in [5.74, 6) is 2.84. The number of anilines is 1. The van der Waals surface area contributed by atoms with E-state index in [1.54, 1.807) is 18.9 Å². The van der Waals surface area contributed by atoms with E-state index in [0.717, 1.165) is 11.1 Å². The Hall–Kier alpha value is -3.02. The van der Waals surface area contributed by atoms with Gasteiger partial charge in [-0.15, -0.1) is 5.10 Å². The van der Waals surface area contributed by atoms with Crippen LogP contribution in [0.4, 0.5) is 5.95 Å². The van der Waals surface area contributed by atoms with E-state index in [9.17, 15) is 0 Å². The molecule has 0 saturated carbocycles. The van der Waals surface area contributed by atoms with Gasteiger partial charge in [0.25, 0.3) is 0 Å². The van der Waals surface area contributed by atoms with Gasteiger partial charge in [-0.05, 0) is 17.7 Å². The van der Waals surface area contributed by atoms with E-state index < -0.39 is 0 Å². The number of methoxy groups -OCH3 is 2. The van der Waals surface area contributed by atoms with E-state index in [0.29, 0.717) is 29.8 Å². The number of nitrogens with one attached hydrogen (secondary N) is 1. The smallest absolute Gasteiger partial charge is 0.221 e. The fourth-order valence-corrected chi connectivity index (χ4v) is 2.42. The van der Waals surface area contributed by atoms with E-state index in [1.165, 1.54) is 0 Å². The van der Waals surface area contributed by atoms with Crippen molar-refractivity contribution in [3.05, 3.63) is 54.1 Å². The Kier molecular flexibility index (Phi) is 4.65. The molecule has 24 heavy (non-hydrogen) atoms. The summed E-state index contributed by atoms with van der Waals surface area (Å²) >= 11 is 0. The summed E-state index contributed by atoms with van der Waals surface area (Å²) < 4.78 is 12.3. The summed E-state index contributed by atoms with van der Waals surface area (Å²) in [7, 11) is 5.13. The molecule has 0 saturated heterocycles. The van der Waals surface area contributed by atoms with Gasteiger partial charge >= 0.3 is 0 Å². The summed E-state index contributed by atoms with van der Waals surface area (Å²) in [6.45, 7) is 0.612. The van der Waals surface area contributed by atoms with E-state index in [-0.39, 0.29) is 0 Å². The van der Waals surface area contributed by atoms with Crippen LogP contribution < -0.4 is 14.8 Å². The summed E-state index contributed by atoms with van der Waals surface area (Å²) in [6, 6.07) is 15.7. The normalized spacial score (nSPS) is 10.5. The molecule has 3 rings (SSSR count). The number of ether oxygens (including phenoxy) is 2. The lowest BCUT2D eigenvalue weighted by Crippen LogP contribution is -2.06. The standard InChI is InChI=1S/C18H20N4O2/c1-22-18(20-17(21-22)14-7-5-4-6-8-14)19-12-13-9-10-15(23-2)16(11-13)24-3/h4-11H,12H2,1-3H3,(H,19,20,21). The first-order valence-corrected chi connectivity index (χ1v) is 7.62. The Morgan fingerprint density at radius 2 is 1.75 bits per heavy atom. The third-order valence-electron chi connectivity index (χ3n) is 3.69. The van der Waals surface area contributed by atoms with Gasteiger partial charge in [0.2, 0.25) is 5.95 Å². The molecule has 0 amide bonds. The van der Waals surface area contributed by atoms with Crippen LogP contribution in [0.3, 0.4) is 0 Å². The highest BCUT2D eigenvalue weighted by Gasteiger charge is 2.09. The molecule has 1 heterocycles. The molecule has 1 aromatic heterocycles. The molecule has 0 spiro atoms. The number of benzene rings is 2. The molecule has 2 aromatic carbocycles. The lowest BCUT2D eigenvalue weighted by molar-refractivity contribution is 0.354. The Morgan fingerprint density at radius 1 is 1.00 bits per heavy atom. The van der Waals surface area contributed by atoms with Crippen molar-refractivity contribution >= 4 is 5.95 Å². The highest BCUT2D eigenvalue weighted by atomic mass is 16.5. The van der Waals surface area contributed by atoms with Crippen LogP contribution in [-0.4, -0.2) is 29.0 Å². The highest BCUT2D eigenvalue weighted by molar-refractivity contribution is 5.56. The second-order valence-electron chi connectivity index (χ2n) is 5.29. The minimum atomic E-state index is 0.612. The maximum Gasteiger partial charge on any atom is 0.221 e. The molecule has 1 N–H and O–H groups in total. The second kappa shape index (κ2) is 7.04. The summed E-state index contributed by atoms with van der Waals surface area (Å²) in [5, 5.41) is 7.75. The minimum absolute atomic E-state index is 0.612. The summed E-state index contributed by atoms with van der Waals surface area (Å²) in [5.41, 5.74) is 2.06. The SMILES string of the molecule is COc1ccc(CNc2nc(-c3ccccc3)nn2C)cc1OC. The van der Waals surface area contributed by atoms with Crippen molar-refractivity contribution < 1.29 is 9.47 Å². The van der Waals surface area contributed by atoms with Gasteiger partial charge < -0.3 is 14.8 Å². The molecule has 0 bridgehead atoms. The van der Waals surface area contributed by atoms with Crippen LogP contribution in [0.15, 0.2) is 48.5 Å². The molecule has 0 aliphatic carbocycles. The third-order valence-corrected chi connectivity index (χ3v) is 3.69. The lowest BCUT2D eigenvalue weighted by atomic mass is 10.2. The van der Waals surface area contributed by atoms with Gasteiger partial charge in [0.1, 0.15) is 0 Å². The van der Waals surface area contributed by atoms with Gasteiger partial charge in [0.05, 0.1) is 14.2 Å². The van der Waals surface area contributed by atoms with E-state index in [4.69, 9.17) is 9.47 Å². The molecule has 124 valence electrons. The number of aryl methyl sites for hydroxylation is 1. The topological polar surface area (TPSA) is 61.2 Å². The zero-order chi connectivity index (χ0) is 16.9. The number of hydrogen-bond donors (Lipinski definition) is 1. The van der Waals surface area contributed by atoms with E-state index in [1.807, 2.05) is 55.6 Å². The highest BCUT2D eigenvalue weighted by Crippen LogP contribution is 2.27. The van der Waals surface area contributed by atoms with Crippen LogP contribution in [0, 0.1) is 0 Å². The molecule has 0 aliphatic heterocycles. The number of nitrogens with zero attached hydrogens (tertiary/aromatic N) is 3. The van der Waals surface area contributed by atoms with Gasteiger partial charge in [0, 0.05) is 19.2 Å². The molecular formula is C18H20N4O2. The van der Waals surface area contributed by atoms with Crippen LogP contribution in [-0.2, 0) is 13.6 Å². The Labute approximate surface area is 141 Å². The van der Waals surface area contributed by atoms with E-state index in [2.05, 4.69) is 15.4 Å². The number of hydrogen-bond acceptors (Lipinski definition) is 5. The first kappa shape index (κ1) is 15.9. The van der Waals surface area contributed by atoms with Gasteiger partial charge in [0.15, 0.2) is 17.3 Å². The van der Waals surface area contributed by atoms with Crippen molar-refractivity contribution in [2.45, 2.75) is 6.54 Å². The lowest BCUT2D eigenvalue weighted by Gasteiger charge is -2.10. The molecule has 6 nitrogen and oxygen atoms in total. The Bertz CT molecular complexity index is 815. The summed E-state index contributed by atoms with van der Waals surface area (Å²) in [6.07, 6.45) is 0. The zero-order valence-corrected chi connectivity index (χ0v) is 14.0. The minimum Gasteiger partial charge on any atom is -0.493 e. The van der Waals surface area contributed by atoms with Gasteiger partial charge in [-0.25, -0.2) is 4.68 Å². The fraction of sp³-hybridized carbons (Fsp3) is 0.222. The first-order chi connectivity index (χ1) is 11.7. The molecule has 3 aromatic rings. The monoisotopic (exact) mass is 324 g/mol. The number of aromatic nitrogens is 3. The van der Waals surface area contributed by atoms with Crippen LogP contribution in [0.1, 0.15) is 5.56 Å². The molecular weight excluding hydrogens is 304 g/mol. The average molecular weight is 324 g/mol. The second-order valence-corrected chi connectivity index (χ2v) is 5.29. The van der Waals surface area contributed by atoms with Crippen molar-refractivity contribution in [3.8, 4) is 22.9 Å². The van der Waals surface area contributed by atoms with Crippen molar-refractivity contribution in [3.63, 3.8) is 0 Å². The molecule has 0 atom stereocenters. The molecule has 0 radical (unpaired) electrons. The molecule has 0 fully saturated rings. The predicted molar refractivity (Wildman–Crippen MR) is 93.3 cm³/mol. The summed E-state index contributed by atoms with van der Waals surface area (Å²) in [4.78, 5) is 4.56. The Balaban J connectivity index is 1.74. The maximum absolute atomic E-state index is 5.33. The van der Waals surface area contributed by atoms with Crippen molar-refractivity contribution in [1.82, 2.24) is 14.8 Å². The van der Waals surface area contributed by atoms with Gasteiger partial charge in [-0.3, -0.25) is 0 Å². The predicted octanol–water partition coefficient (Wildman–Crippen LogP) is 3.11. The van der Waals surface area contributed by atoms with Crippen LogP contribution in [0.25, 0.3) is 11.4 Å². The van der Waals surface area contributed by atoms with Crippen molar-refractivity contribution in [2.24, 2.45) is 7.05 Å². The maximum atomic E-state index is 5.33. The molecule has 6 heteroatoms. The molecule has 0 unspecified atom stereocenters. The third kappa shape index (κ3) is 3.32. The largest absolute Gasteiger partial charge is 0.493 e. The van der Waals surface area contributed by atoms with Crippen molar-refractivity contribution in [1.29, 1.82) is 0 Å². The quantitative estimate of drug-likeness (QED) is 0.755. The van der Waals surface area contributed by atoms with Crippen LogP contribution in [0.5, 0.6) is 11.5 Å². The molecule has 0 aliphatic rings. The van der Waals surface area contributed by atoms with E-state index >= 15 is 0 Å². The average Bonchev–Trinajstić information content (AvgIpc) is 3.01. The number of rotatable bonds is 6. The van der Waals surface area contributed by atoms with Crippen LogP contribution >= 0.6 is 0 Å². The first-order valence-electron chi connectivity index (χ1n) is 7.62. The fourth-order valence-electron chi connectivity index (χ4n) is 2.42.